The highest BCUT2D eigenvalue weighted by Gasteiger charge is 2.30. The van der Waals surface area contributed by atoms with Gasteiger partial charge in [-0.3, -0.25) is 4.31 Å². The second-order valence-corrected chi connectivity index (χ2v) is 8.49. The van der Waals surface area contributed by atoms with E-state index in [1.165, 1.54) is 17.0 Å². The zero-order valence-electron chi connectivity index (χ0n) is 12.8. The van der Waals surface area contributed by atoms with Gasteiger partial charge in [0.05, 0.1) is 23.7 Å². The van der Waals surface area contributed by atoms with Crippen molar-refractivity contribution in [2.24, 2.45) is 0 Å². The van der Waals surface area contributed by atoms with E-state index in [-0.39, 0.29) is 6.04 Å². The van der Waals surface area contributed by atoms with E-state index in [2.05, 4.69) is 22.0 Å². The summed E-state index contributed by atoms with van der Waals surface area (Å²) in [6, 6.07) is 6.91. The zero-order valence-corrected chi connectivity index (χ0v) is 15.2. The minimum Gasteiger partial charge on any atom is -0.397 e. The van der Waals surface area contributed by atoms with Gasteiger partial charge in [-0.1, -0.05) is 53.4 Å². The molecular formula is C16H23BrN2O2S. The molecule has 0 bridgehead atoms. The van der Waals surface area contributed by atoms with Crippen LogP contribution >= 0.6 is 15.9 Å². The number of para-hydroxylation sites is 2. The van der Waals surface area contributed by atoms with Gasteiger partial charge in [-0.25, -0.2) is 8.42 Å². The summed E-state index contributed by atoms with van der Waals surface area (Å²) in [4.78, 5) is 0. The highest BCUT2D eigenvalue weighted by atomic mass is 79.9. The topological polar surface area (TPSA) is 63.4 Å². The monoisotopic (exact) mass is 386 g/mol. The quantitative estimate of drug-likeness (QED) is 0.797. The third-order valence-corrected chi connectivity index (χ3v) is 5.92. The highest BCUT2D eigenvalue weighted by molar-refractivity contribution is 9.11. The van der Waals surface area contributed by atoms with Crippen LogP contribution in [0.2, 0.25) is 0 Å². The summed E-state index contributed by atoms with van der Waals surface area (Å²) in [7, 11) is -3.43. The van der Waals surface area contributed by atoms with Crippen LogP contribution in [0, 0.1) is 0 Å². The van der Waals surface area contributed by atoms with E-state index in [4.69, 9.17) is 5.73 Å². The second kappa shape index (κ2) is 7.51. The molecule has 1 unspecified atom stereocenters. The van der Waals surface area contributed by atoms with Crippen LogP contribution in [0.15, 0.2) is 34.8 Å². The number of anilines is 2. The molecule has 22 heavy (non-hydrogen) atoms. The van der Waals surface area contributed by atoms with Gasteiger partial charge in [-0.2, -0.15) is 0 Å². The highest BCUT2D eigenvalue weighted by Crippen LogP contribution is 2.34. The molecule has 0 heterocycles. The number of nitrogens with zero attached hydrogens (tertiary/aromatic N) is 1. The number of nitrogens with two attached hydrogens (primary N) is 1. The van der Waals surface area contributed by atoms with Crippen molar-refractivity contribution in [3.05, 3.63) is 34.8 Å². The van der Waals surface area contributed by atoms with E-state index in [0.717, 1.165) is 36.6 Å². The summed E-state index contributed by atoms with van der Waals surface area (Å²) in [5.74, 6) is 0. The van der Waals surface area contributed by atoms with Gasteiger partial charge >= 0.3 is 0 Å². The van der Waals surface area contributed by atoms with Crippen LogP contribution in [0.5, 0.6) is 0 Å². The average molecular weight is 387 g/mol. The van der Waals surface area contributed by atoms with Crippen LogP contribution in [0.1, 0.15) is 38.5 Å². The van der Waals surface area contributed by atoms with Crippen LogP contribution in [0.3, 0.4) is 0 Å². The first-order valence-electron chi connectivity index (χ1n) is 7.60. The van der Waals surface area contributed by atoms with Crippen LogP contribution in [-0.2, 0) is 10.0 Å². The molecule has 1 aliphatic carbocycles. The van der Waals surface area contributed by atoms with Gasteiger partial charge in [0.1, 0.15) is 0 Å². The van der Waals surface area contributed by atoms with Gasteiger partial charge in [0.2, 0.25) is 10.0 Å². The fourth-order valence-corrected chi connectivity index (χ4v) is 4.85. The molecule has 0 aromatic heterocycles. The summed E-state index contributed by atoms with van der Waals surface area (Å²) in [6.45, 7) is 0. The van der Waals surface area contributed by atoms with E-state index in [1.54, 1.807) is 12.1 Å². The Hall–Kier alpha value is -1.01. The van der Waals surface area contributed by atoms with Crippen molar-refractivity contribution >= 4 is 37.3 Å². The van der Waals surface area contributed by atoms with Crippen molar-refractivity contribution in [1.29, 1.82) is 0 Å². The molecule has 0 radical (unpaired) electrons. The normalized spacial score (nSPS) is 22.8. The van der Waals surface area contributed by atoms with Crippen LogP contribution in [-0.4, -0.2) is 20.7 Å². The van der Waals surface area contributed by atoms with Gasteiger partial charge in [0.15, 0.2) is 0 Å². The summed E-state index contributed by atoms with van der Waals surface area (Å²) in [6.07, 6.45) is 9.58. The number of hydrogen-bond acceptors (Lipinski definition) is 3. The maximum Gasteiger partial charge on any atom is 0.232 e. The third-order valence-electron chi connectivity index (χ3n) is 3.90. The Morgan fingerprint density at radius 3 is 2.55 bits per heavy atom. The number of rotatable bonds is 3. The molecule has 2 N–H and O–H groups in total. The second-order valence-electron chi connectivity index (χ2n) is 5.71. The van der Waals surface area contributed by atoms with E-state index in [9.17, 15) is 8.42 Å². The molecule has 0 amide bonds. The molecular weight excluding hydrogens is 364 g/mol. The van der Waals surface area contributed by atoms with E-state index < -0.39 is 10.0 Å². The van der Waals surface area contributed by atoms with E-state index in [1.807, 2.05) is 12.1 Å². The standard InChI is InChI=1S/C16H23BrN2O2S/c1-22(20,21)19(16-12-8-7-10-14(16)18)15-11-6-4-2-3-5-9-13(15)17/h7-10,12,15H,2-6,11,18H2,1H3/b13-9+. The smallest absolute Gasteiger partial charge is 0.232 e. The molecule has 1 aromatic rings. The molecule has 1 aromatic carbocycles. The van der Waals surface area contributed by atoms with Gasteiger partial charge in [-0.15, -0.1) is 0 Å². The molecule has 0 spiro atoms. The van der Waals surface area contributed by atoms with Crippen molar-refractivity contribution < 1.29 is 8.42 Å². The molecule has 0 fully saturated rings. The minimum absolute atomic E-state index is 0.224. The van der Waals surface area contributed by atoms with Gasteiger partial charge < -0.3 is 5.73 Å². The van der Waals surface area contributed by atoms with Crippen molar-refractivity contribution in [2.75, 3.05) is 16.3 Å². The fourth-order valence-electron chi connectivity index (χ4n) is 2.84. The molecule has 2 rings (SSSR count). The first-order chi connectivity index (χ1) is 10.4. The largest absolute Gasteiger partial charge is 0.397 e. The van der Waals surface area contributed by atoms with Crippen molar-refractivity contribution in [2.45, 2.75) is 44.6 Å². The molecule has 0 aliphatic heterocycles. The molecule has 4 nitrogen and oxygen atoms in total. The fraction of sp³-hybridized carbons (Fsp3) is 0.500. The first kappa shape index (κ1) is 17.3. The molecule has 122 valence electrons. The van der Waals surface area contributed by atoms with E-state index in [0.29, 0.717) is 11.4 Å². The van der Waals surface area contributed by atoms with E-state index >= 15 is 0 Å². The summed E-state index contributed by atoms with van der Waals surface area (Å²) >= 11 is 3.60. The number of sulfonamides is 1. The number of nitrogen functional groups attached to an aromatic ring is 1. The molecule has 0 saturated heterocycles. The number of halogens is 1. The van der Waals surface area contributed by atoms with Crippen molar-refractivity contribution in [3.63, 3.8) is 0 Å². The number of benzene rings is 1. The zero-order chi connectivity index (χ0) is 16.2. The third kappa shape index (κ3) is 4.26. The summed E-state index contributed by atoms with van der Waals surface area (Å²) in [5.41, 5.74) is 7.07. The van der Waals surface area contributed by atoms with Crippen molar-refractivity contribution in [1.82, 2.24) is 0 Å². The van der Waals surface area contributed by atoms with Gasteiger partial charge in [-0.05, 0) is 31.4 Å². The number of allylic oxidation sites excluding steroid dienone is 1. The molecule has 1 atom stereocenters. The SMILES string of the molecule is CS(=O)(=O)N(c1ccccc1N)C1CCCCCC/C=C\1Br. The van der Waals surface area contributed by atoms with Crippen molar-refractivity contribution in [3.8, 4) is 0 Å². The lowest BCUT2D eigenvalue weighted by atomic mass is 10.1. The maximum absolute atomic E-state index is 12.4. The lowest BCUT2D eigenvalue weighted by Gasteiger charge is -2.32. The maximum atomic E-state index is 12.4. The Labute approximate surface area is 141 Å². The van der Waals surface area contributed by atoms with Crippen LogP contribution < -0.4 is 10.0 Å². The van der Waals surface area contributed by atoms with Gasteiger partial charge in [0.25, 0.3) is 0 Å². The molecule has 1 aliphatic rings. The summed E-state index contributed by atoms with van der Waals surface area (Å²) < 4.78 is 27.3. The molecule has 6 heteroatoms. The Bertz CT molecular complexity index is 643. The lowest BCUT2D eigenvalue weighted by molar-refractivity contribution is 0.570. The lowest BCUT2D eigenvalue weighted by Crippen LogP contribution is -2.40. The Morgan fingerprint density at radius 1 is 1.18 bits per heavy atom. The Kier molecular flexibility index (Phi) is 5.92. The first-order valence-corrected chi connectivity index (χ1v) is 10.2. The Balaban J connectivity index is 2.48. The predicted octanol–water partition coefficient (Wildman–Crippen LogP) is 4.04. The van der Waals surface area contributed by atoms with Gasteiger partial charge in [0, 0.05) is 4.48 Å². The van der Waals surface area contributed by atoms with Crippen LogP contribution in [0.4, 0.5) is 11.4 Å². The minimum atomic E-state index is -3.43. The molecule has 0 saturated carbocycles. The van der Waals surface area contributed by atoms with Crippen LogP contribution in [0.25, 0.3) is 0 Å². The Morgan fingerprint density at radius 2 is 1.86 bits per heavy atom. The summed E-state index contributed by atoms with van der Waals surface area (Å²) in [5, 5.41) is 0. The number of hydrogen-bond donors (Lipinski definition) is 1. The predicted molar refractivity (Wildman–Crippen MR) is 96.7 cm³/mol. The average Bonchev–Trinajstić information content (AvgIpc) is 2.54.